The highest BCUT2D eigenvalue weighted by atomic mass is 14.2. The molecule has 0 aliphatic heterocycles. The van der Waals surface area contributed by atoms with Crippen LogP contribution in [0.25, 0.3) is 100 Å². The Bertz CT molecular complexity index is 2060. The van der Waals surface area contributed by atoms with Crippen LogP contribution in [0.4, 0.5) is 0 Å². The van der Waals surface area contributed by atoms with Crippen molar-refractivity contribution in [2.24, 2.45) is 0 Å². The van der Waals surface area contributed by atoms with Gasteiger partial charge in [-0.05, 0) is 155 Å². The number of hydrogen-bond donors (Lipinski definition) is 0. The molecule has 0 saturated heterocycles. The van der Waals surface area contributed by atoms with Gasteiger partial charge in [0.25, 0.3) is 0 Å². The van der Waals surface area contributed by atoms with Crippen molar-refractivity contribution < 1.29 is 0 Å². The molecule has 252 valence electrons. The van der Waals surface area contributed by atoms with Gasteiger partial charge in [0.15, 0.2) is 0 Å². The molecule has 54 heavy (non-hydrogen) atoms. The number of rotatable bonds is 0. The van der Waals surface area contributed by atoms with Gasteiger partial charge in [0, 0.05) is 0 Å². The first kappa shape index (κ1) is 31.7. The molecule has 0 radical (unpaired) electrons. The third-order valence-corrected chi connectivity index (χ3v) is 10.8. The fourth-order valence-corrected chi connectivity index (χ4v) is 7.90. The highest BCUT2D eigenvalue weighted by Gasteiger charge is 2.11. The average molecular weight is 685 g/mol. The van der Waals surface area contributed by atoms with Crippen LogP contribution in [0.3, 0.4) is 0 Å². The van der Waals surface area contributed by atoms with E-state index in [2.05, 4.69) is 218 Å². The monoisotopic (exact) mass is 684 g/mol. The zero-order valence-electron chi connectivity index (χ0n) is 29.8. The Morgan fingerprint density at radius 2 is 0.185 bits per heavy atom. The molecule has 9 aromatic carbocycles. The van der Waals surface area contributed by atoms with Gasteiger partial charge in [-0.25, -0.2) is 0 Å². The number of fused-ring (bicyclic) bond motifs is 27. The van der Waals surface area contributed by atoms with E-state index in [0.717, 1.165) is 0 Å². The summed E-state index contributed by atoms with van der Waals surface area (Å²) in [5, 5.41) is 0. The molecule has 0 aromatic heterocycles. The minimum atomic E-state index is 1.20. The molecule has 1 aliphatic rings. The molecule has 0 amide bonds. The summed E-state index contributed by atoms with van der Waals surface area (Å²) in [6, 6.07) is 80.3. The summed E-state index contributed by atoms with van der Waals surface area (Å²) in [7, 11) is 0. The van der Waals surface area contributed by atoms with Gasteiger partial charge in [0.05, 0.1) is 0 Å². The Labute approximate surface area is 317 Å². The maximum atomic E-state index is 2.32. The zero-order chi connectivity index (χ0) is 35.8. The molecule has 0 N–H and O–H groups in total. The van der Waals surface area contributed by atoms with Crippen molar-refractivity contribution >= 4 is 0 Å². The molecule has 0 fully saturated rings. The minimum Gasteiger partial charge on any atom is -0.0610 e. The van der Waals surface area contributed by atoms with Crippen molar-refractivity contribution in [1.82, 2.24) is 0 Å². The van der Waals surface area contributed by atoms with Crippen LogP contribution in [0.15, 0.2) is 218 Å². The smallest absolute Gasteiger partial charge is 0.0178 e. The van der Waals surface area contributed by atoms with Crippen molar-refractivity contribution in [2.45, 2.75) is 0 Å². The summed E-state index contributed by atoms with van der Waals surface area (Å²) in [6.07, 6.45) is 0. The maximum Gasteiger partial charge on any atom is -0.0178 e. The molecule has 9 aromatic rings. The van der Waals surface area contributed by atoms with Gasteiger partial charge in [-0.1, -0.05) is 164 Å². The standard InChI is InChI=1S/C54H36/c1-10-37-28-38(11-1)40-13-3-15-42(30-40)44-17-5-19-46(32-44)48-21-7-23-50(34-48)52-25-9-27-54(36-52)53-26-8-24-51(35-53)49-22-6-20-47(33-49)45-18-4-16-43(31-45)41-14-2-12-39(37)29-41/h1-36H. The van der Waals surface area contributed by atoms with Crippen LogP contribution in [0.1, 0.15) is 0 Å². The van der Waals surface area contributed by atoms with E-state index in [1.165, 1.54) is 100 Å². The zero-order valence-corrected chi connectivity index (χ0v) is 29.8. The van der Waals surface area contributed by atoms with Crippen LogP contribution in [-0.4, -0.2) is 0 Å². The van der Waals surface area contributed by atoms with Crippen LogP contribution >= 0.6 is 0 Å². The maximum absolute atomic E-state index is 2.32. The fourth-order valence-electron chi connectivity index (χ4n) is 7.90. The SMILES string of the molecule is c1cc2cc(c1)-c1cccc(c1)-c1cccc(c1)-c1cccc(c1)-c1cccc(c1)-c1cccc(c1)-c1cccc(c1)-c1cccc(c1)-c1cccc-2c1. The van der Waals surface area contributed by atoms with E-state index in [1.807, 2.05) is 0 Å². The quantitative estimate of drug-likeness (QED) is 0.149. The first-order valence-electron chi connectivity index (χ1n) is 18.6. The number of hydrogen-bond acceptors (Lipinski definition) is 0. The summed E-state index contributed by atoms with van der Waals surface area (Å²) in [4.78, 5) is 0. The van der Waals surface area contributed by atoms with Gasteiger partial charge in [-0.2, -0.15) is 0 Å². The van der Waals surface area contributed by atoms with Gasteiger partial charge >= 0.3 is 0 Å². The second kappa shape index (κ2) is 13.5. The molecule has 0 nitrogen and oxygen atoms in total. The lowest BCUT2D eigenvalue weighted by Crippen LogP contribution is -1.86. The summed E-state index contributed by atoms with van der Waals surface area (Å²) in [5.41, 5.74) is 21.7. The minimum absolute atomic E-state index is 1.20. The summed E-state index contributed by atoms with van der Waals surface area (Å²) < 4.78 is 0. The van der Waals surface area contributed by atoms with Crippen molar-refractivity contribution in [2.75, 3.05) is 0 Å². The Kier molecular flexibility index (Phi) is 7.93. The lowest BCUT2D eigenvalue weighted by Gasteiger charge is -2.11. The van der Waals surface area contributed by atoms with Gasteiger partial charge in [0.1, 0.15) is 0 Å². The van der Waals surface area contributed by atoms with Crippen LogP contribution < -0.4 is 0 Å². The lowest BCUT2D eigenvalue weighted by atomic mass is 9.93. The molecular formula is C54H36. The fraction of sp³-hybridized carbons (Fsp3) is 0. The van der Waals surface area contributed by atoms with Gasteiger partial charge in [-0.3, -0.25) is 0 Å². The van der Waals surface area contributed by atoms with Crippen molar-refractivity contribution in [3.05, 3.63) is 218 Å². The van der Waals surface area contributed by atoms with Gasteiger partial charge in [0.2, 0.25) is 0 Å². The average Bonchev–Trinajstić information content (AvgIpc) is 3.26. The van der Waals surface area contributed by atoms with Crippen molar-refractivity contribution in [3.8, 4) is 100 Å². The van der Waals surface area contributed by atoms with Crippen LogP contribution in [0, 0.1) is 0 Å². The normalized spacial score (nSPS) is 11.3. The Morgan fingerprint density at radius 3 is 0.259 bits per heavy atom. The molecule has 1 aliphatic carbocycles. The van der Waals surface area contributed by atoms with E-state index < -0.39 is 0 Å². The predicted molar refractivity (Wildman–Crippen MR) is 229 cm³/mol. The van der Waals surface area contributed by atoms with E-state index in [4.69, 9.17) is 0 Å². The predicted octanol–water partition coefficient (Wildman–Crippen LogP) is 15.0. The highest BCUT2D eigenvalue weighted by Crippen LogP contribution is 2.36. The van der Waals surface area contributed by atoms with E-state index in [-0.39, 0.29) is 0 Å². The Morgan fingerprint density at radius 1 is 0.111 bits per heavy atom. The Balaban J connectivity index is 1.15. The highest BCUT2D eigenvalue weighted by molar-refractivity contribution is 5.84. The first-order valence-corrected chi connectivity index (χ1v) is 18.6. The third-order valence-electron chi connectivity index (χ3n) is 10.8. The molecular weight excluding hydrogens is 649 g/mol. The summed E-state index contributed by atoms with van der Waals surface area (Å²) in [5.74, 6) is 0. The molecule has 0 unspecified atom stereocenters. The van der Waals surface area contributed by atoms with E-state index in [9.17, 15) is 0 Å². The van der Waals surface area contributed by atoms with Gasteiger partial charge < -0.3 is 0 Å². The Hall–Kier alpha value is -7.02. The largest absolute Gasteiger partial charge is 0.0610 e. The molecule has 0 heteroatoms. The molecule has 0 saturated carbocycles. The van der Waals surface area contributed by atoms with E-state index >= 15 is 0 Å². The van der Waals surface area contributed by atoms with Crippen LogP contribution in [0.5, 0.6) is 0 Å². The summed E-state index contributed by atoms with van der Waals surface area (Å²) >= 11 is 0. The van der Waals surface area contributed by atoms with E-state index in [1.54, 1.807) is 0 Å². The summed E-state index contributed by atoms with van der Waals surface area (Å²) in [6.45, 7) is 0. The molecule has 18 bridgehead atoms. The van der Waals surface area contributed by atoms with Crippen molar-refractivity contribution in [1.29, 1.82) is 0 Å². The lowest BCUT2D eigenvalue weighted by molar-refractivity contribution is 1.55. The number of benzene rings is 9. The molecule has 0 atom stereocenters. The van der Waals surface area contributed by atoms with Crippen LogP contribution in [-0.2, 0) is 0 Å². The third kappa shape index (κ3) is 6.15. The van der Waals surface area contributed by atoms with Crippen molar-refractivity contribution in [3.63, 3.8) is 0 Å². The first-order chi connectivity index (χ1) is 26.7. The second-order valence-electron chi connectivity index (χ2n) is 14.2. The molecule has 0 spiro atoms. The molecule has 10 rings (SSSR count). The van der Waals surface area contributed by atoms with Gasteiger partial charge in [-0.15, -0.1) is 0 Å². The van der Waals surface area contributed by atoms with E-state index in [0.29, 0.717) is 0 Å². The molecule has 0 heterocycles. The second-order valence-corrected chi connectivity index (χ2v) is 14.2. The van der Waals surface area contributed by atoms with Crippen LogP contribution in [0.2, 0.25) is 0 Å². The topological polar surface area (TPSA) is 0 Å².